The Labute approximate surface area is 139 Å². The van der Waals surface area contributed by atoms with Crippen molar-refractivity contribution in [1.82, 2.24) is 14.8 Å². The smallest absolute Gasteiger partial charge is 0.195 e. The molecule has 3 aromatic rings. The van der Waals surface area contributed by atoms with Crippen molar-refractivity contribution in [2.24, 2.45) is 5.92 Å². The number of rotatable bonds is 5. The van der Waals surface area contributed by atoms with Crippen molar-refractivity contribution in [2.45, 2.75) is 26.9 Å². The van der Waals surface area contributed by atoms with Crippen molar-refractivity contribution in [1.29, 1.82) is 0 Å². The minimum absolute atomic E-state index is 0.155. The molecule has 2 aromatic heterocycles. The van der Waals surface area contributed by atoms with Gasteiger partial charge >= 0.3 is 0 Å². The van der Waals surface area contributed by atoms with E-state index in [2.05, 4.69) is 23.9 Å². The van der Waals surface area contributed by atoms with Crippen LogP contribution >= 0.6 is 11.6 Å². The van der Waals surface area contributed by atoms with Gasteiger partial charge in [-0.2, -0.15) is 5.10 Å². The van der Waals surface area contributed by atoms with E-state index in [0.29, 0.717) is 34.0 Å². The van der Waals surface area contributed by atoms with Crippen LogP contribution in [0.5, 0.6) is 0 Å². The summed E-state index contributed by atoms with van der Waals surface area (Å²) in [5, 5.41) is 14.4. The van der Waals surface area contributed by atoms with E-state index in [4.69, 9.17) is 16.0 Å². The third kappa shape index (κ3) is 3.30. The van der Waals surface area contributed by atoms with Crippen LogP contribution in [0.2, 0.25) is 5.02 Å². The molecule has 2 heterocycles. The van der Waals surface area contributed by atoms with Crippen molar-refractivity contribution in [3.8, 4) is 17.1 Å². The van der Waals surface area contributed by atoms with E-state index in [-0.39, 0.29) is 6.61 Å². The van der Waals surface area contributed by atoms with Crippen LogP contribution in [0.4, 0.5) is 0 Å². The summed E-state index contributed by atoms with van der Waals surface area (Å²) in [6.45, 7) is 4.07. The second-order valence-corrected chi connectivity index (χ2v) is 6.17. The number of aliphatic hydroxyl groups is 1. The van der Waals surface area contributed by atoms with Crippen LogP contribution in [0.3, 0.4) is 0 Å². The molecule has 0 saturated heterocycles. The number of hydrogen-bond acceptors (Lipinski definition) is 4. The number of aromatic nitrogens is 3. The maximum atomic E-state index is 9.41. The average molecular weight is 332 g/mol. The molecule has 0 amide bonds. The Balaban J connectivity index is 2.07. The molecule has 0 spiro atoms. The van der Waals surface area contributed by atoms with Crippen LogP contribution in [-0.2, 0) is 13.0 Å². The monoisotopic (exact) mass is 331 g/mol. The largest absolute Gasteiger partial charge is 0.439 e. The first kappa shape index (κ1) is 15.8. The number of benzene rings is 1. The molecule has 6 heteroatoms. The van der Waals surface area contributed by atoms with Gasteiger partial charge in [0.2, 0.25) is 0 Å². The van der Waals surface area contributed by atoms with Crippen LogP contribution in [-0.4, -0.2) is 19.9 Å². The lowest BCUT2D eigenvalue weighted by Crippen LogP contribution is -2.00. The van der Waals surface area contributed by atoms with Crippen LogP contribution in [0.1, 0.15) is 25.4 Å². The van der Waals surface area contributed by atoms with Gasteiger partial charge in [-0.15, -0.1) is 0 Å². The third-order valence-corrected chi connectivity index (χ3v) is 3.71. The van der Waals surface area contributed by atoms with E-state index in [0.717, 1.165) is 12.1 Å². The lowest BCUT2D eigenvalue weighted by Gasteiger charge is -2.07. The summed E-state index contributed by atoms with van der Waals surface area (Å²) in [6.07, 6.45) is 2.45. The summed E-state index contributed by atoms with van der Waals surface area (Å²) in [5.74, 6) is 1.75. The van der Waals surface area contributed by atoms with Crippen molar-refractivity contribution in [3.05, 3.63) is 53.1 Å². The number of nitrogens with zero attached hydrogens (tertiary/aromatic N) is 3. The highest BCUT2D eigenvalue weighted by Gasteiger charge is 2.17. The Morgan fingerprint density at radius 2 is 2.09 bits per heavy atom. The van der Waals surface area contributed by atoms with Gasteiger partial charge in [-0.05, 0) is 24.1 Å². The van der Waals surface area contributed by atoms with Crippen LogP contribution in [0, 0.1) is 5.92 Å². The number of oxazole rings is 1. The molecular formula is C17H18ClN3O2. The Hall–Kier alpha value is -2.11. The fourth-order valence-corrected chi connectivity index (χ4v) is 2.58. The quantitative estimate of drug-likeness (QED) is 0.770. The molecule has 5 nitrogen and oxygen atoms in total. The molecule has 0 unspecified atom stereocenters. The molecule has 120 valence electrons. The van der Waals surface area contributed by atoms with Gasteiger partial charge in [0.05, 0.1) is 29.2 Å². The molecule has 0 radical (unpaired) electrons. The van der Waals surface area contributed by atoms with E-state index >= 15 is 0 Å². The molecule has 0 saturated carbocycles. The highest BCUT2D eigenvalue weighted by atomic mass is 35.5. The highest BCUT2D eigenvalue weighted by molar-refractivity contribution is 6.32. The van der Waals surface area contributed by atoms with Crippen LogP contribution in [0.25, 0.3) is 17.1 Å². The van der Waals surface area contributed by atoms with E-state index in [9.17, 15) is 5.11 Å². The summed E-state index contributed by atoms with van der Waals surface area (Å²) < 4.78 is 7.52. The van der Waals surface area contributed by atoms with Crippen LogP contribution < -0.4 is 0 Å². The second kappa shape index (κ2) is 6.56. The van der Waals surface area contributed by atoms with Crippen molar-refractivity contribution < 1.29 is 9.52 Å². The van der Waals surface area contributed by atoms with E-state index in [1.165, 1.54) is 0 Å². The first-order valence-corrected chi connectivity index (χ1v) is 7.86. The number of halogens is 1. The summed E-state index contributed by atoms with van der Waals surface area (Å²) in [4.78, 5) is 4.32. The Kier molecular flexibility index (Phi) is 4.50. The zero-order valence-electron chi connectivity index (χ0n) is 13.0. The van der Waals surface area contributed by atoms with Gasteiger partial charge in [-0.25, -0.2) is 9.67 Å². The first-order valence-electron chi connectivity index (χ1n) is 7.48. The van der Waals surface area contributed by atoms with E-state index in [1.54, 1.807) is 23.0 Å². The molecule has 0 aliphatic carbocycles. The Morgan fingerprint density at radius 1 is 1.30 bits per heavy atom. The summed E-state index contributed by atoms with van der Waals surface area (Å²) in [6, 6.07) is 9.19. The lowest BCUT2D eigenvalue weighted by molar-refractivity contribution is 0.276. The summed E-state index contributed by atoms with van der Waals surface area (Å²) >= 11 is 6.28. The van der Waals surface area contributed by atoms with Gasteiger partial charge in [0.1, 0.15) is 5.69 Å². The molecular weight excluding hydrogens is 314 g/mol. The zero-order valence-corrected chi connectivity index (χ0v) is 13.8. The number of para-hydroxylation sites is 1. The van der Waals surface area contributed by atoms with Gasteiger partial charge in [-0.1, -0.05) is 37.6 Å². The predicted molar refractivity (Wildman–Crippen MR) is 88.5 cm³/mol. The lowest BCUT2D eigenvalue weighted by atomic mass is 10.1. The van der Waals surface area contributed by atoms with Gasteiger partial charge < -0.3 is 9.52 Å². The van der Waals surface area contributed by atoms with E-state index < -0.39 is 0 Å². The summed E-state index contributed by atoms with van der Waals surface area (Å²) in [5.41, 5.74) is 1.98. The van der Waals surface area contributed by atoms with Crippen molar-refractivity contribution >= 4 is 11.6 Å². The minimum atomic E-state index is -0.155. The third-order valence-electron chi connectivity index (χ3n) is 3.39. The molecule has 3 rings (SSSR count). The van der Waals surface area contributed by atoms with Gasteiger partial charge in [0.25, 0.3) is 0 Å². The topological polar surface area (TPSA) is 64.1 Å². The first-order chi connectivity index (χ1) is 11.1. The zero-order chi connectivity index (χ0) is 16.4. The second-order valence-electron chi connectivity index (χ2n) is 5.76. The number of hydrogen-bond donors (Lipinski definition) is 1. The molecule has 23 heavy (non-hydrogen) atoms. The van der Waals surface area contributed by atoms with Crippen molar-refractivity contribution in [3.63, 3.8) is 0 Å². The molecule has 0 fully saturated rings. The normalized spacial score (nSPS) is 11.3. The molecule has 0 atom stereocenters. The highest BCUT2D eigenvalue weighted by Crippen LogP contribution is 2.28. The van der Waals surface area contributed by atoms with Gasteiger partial charge in [0, 0.05) is 6.42 Å². The Bertz CT molecular complexity index is 808. The molecule has 1 aromatic carbocycles. The van der Waals surface area contributed by atoms with Gasteiger partial charge in [0.15, 0.2) is 11.7 Å². The summed E-state index contributed by atoms with van der Waals surface area (Å²) in [7, 11) is 0. The molecule has 0 aliphatic rings. The maximum absolute atomic E-state index is 9.41. The van der Waals surface area contributed by atoms with E-state index in [1.807, 2.05) is 18.2 Å². The minimum Gasteiger partial charge on any atom is -0.439 e. The molecule has 0 bridgehead atoms. The standard InChI is InChI=1S/C17H18ClN3O2/c1-11(2)7-17-19-9-16(23-17)15-8-12(10-22)20-21(15)14-6-4-3-5-13(14)18/h3-6,8-9,11,22H,7,10H2,1-2H3. The predicted octanol–water partition coefficient (Wildman–Crippen LogP) is 3.87. The average Bonchev–Trinajstić information content (AvgIpc) is 3.13. The van der Waals surface area contributed by atoms with Crippen molar-refractivity contribution in [2.75, 3.05) is 0 Å². The maximum Gasteiger partial charge on any atom is 0.195 e. The fourth-order valence-electron chi connectivity index (χ4n) is 2.36. The fraction of sp³-hybridized carbons (Fsp3) is 0.294. The number of aliphatic hydroxyl groups excluding tert-OH is 1. The SMILES string of the molecule is CC(C)Cc1ncc(-c2cc(CO)nn2-c2ccccc2Cl)o1. The van der Waals surface area contributed by atoms with Gasteiger partial charge in [-0.3, -0.25) is 0 Å². The molecule has 1 N–H and O–H groups in total. The van der Waals surface area contributed by atoms with Crippen LogP contribution in [0.15, 0.2) is 40.9 Å². The Morgan fingerprint density at radius 3 is 2.78 bits per heavy atom. The molecule has 0 aliphatic heterocycles.